The Morgan fingerprint density at radius 3 is 2.43 bits per heavy atom. The van der Waals surface area contributed by atoms with Crippen LogP contribution in [0.4, 0.5) is 0 Å². The molecule has 1 aliphatic carbocycles. The summed E-state index contributed by atoms with van der Waals surface area (Å²) >= 11 is 0. The van der Waals surface area contributed by atoms with E-state index in [4.69, 9.17) is 11.5 Å². The Morgan fingerprint density at radius 2 is 2.14 bits per heavy atom. The molecule has 4 heteroatoms. The molecule has 0 bridgehead atoms. The van der Waals surface area contributed by atoms with Gasteiger partial charge >= 0.3 is 0 Å². The Labute approximate surface area is 82.6 Å². The summed E-state index contributed by atoms with van der Waals surface area (Å²) in [4.78, 5) is 22.0. The first-order chi connectivity index (χ1) is 6.52. The number of carbonyl (C=O) groups is 2. The molecule has 0 heterocycles. The molecule has 0 fully saturated rings. The van der Waals surface area contributed by atoms with Crippen LogP contribution in [0.15, 0.2) is 23.8 Å². The second-order valence-corrected chi connectivity index (χ2v) is 3.44. The number of allylic oxidation sites excluding steroid dienone is 1. The molecule has 14 heavy (non-hydrogen) atoms. The molecule has 0 aromatic rings. The van der Waals surface area contributed by atoms with Crippen LogP contribution >= 0.6 is 0 Å². The first kappa shape index (κ1) is 10.5. The van der Waals surface area contributed by atoms with Crippen LogP contribution in [0.25, 0.3) is 0 Å². The summed E-state index contributed by atoms with van der Waals surface area (Å²) in [6.07, 6.45) is 5.99. The fourth-order valence-corrected chi connectivity index (χ4v) is 1.48. The lowest BCUT2D eigenvalue weighted by Gasteiger charge is -2.26. The highest BCUT2D eigenvalue weighted by Gasteiger charge is 2.32. The van der Waals surface area contributed by atoms with E-state index in [9.17, 15) is 9.59 Å². The average molecular weight is 194 g/mol. The van der Waals surface area contributed by atoms with Crippen molar-refractivity contribution in [3.63, 3.8) is 0 Å². The fraction of sp³-hybridized carbons (Fsp3) is 0.400. The lowest BCUT2D eigenvalue weighted by atomic mass is 9.77. The minimum atomic E-state index is -0.640. The van der Waals surface area contributed by atoms with Crippen molar-refractivity contribution in [2.45, 2.75) is 19.8 Å². The quantitative estimate of drug-likeness (QED) is 0.674. The predicted octanol–water partition coefficient (Wildman–Crippen LogP) is 0.240. The number of amides is 2. The van der Waals surface area contributed by atoms with Crippen LogP contribution in [-0.2, 0) is 9.59 Å². The molecule has 1 atom stereocenters. The maximum absolute atomic E-state index is 11.2. The second kappa shape index (κ2) is 3.65. The first-order valence-electron chi connectivity index (χ1n) is 4.51. The molecule has 0 aliphatic heterocycles. The zero-order chi connectivity index (χ0) is 10.8. The van der Waals surface area contributed by atoms with Crippen LogP contribution in [0, 0.1) is 5.41 Å². The van der Waals surface area contributed by atoms with Gasteiger partial charge in [0.2, 0.25) is 11.8 Å². The molecular formula is C10H14N2O2. The van der Waals surface area contributed by atoms with Crippen LogP contribution in [0.3, 0.4) is 0 Å². The fourth-order valence-electron chi connectivity index (χ4n) is 1.48. The maximum atomic E-state index is 11.2. The van der Waals surface area contributed by atoms with E-state index in [1.165, 1.54) is 0 Å². The van der Waals surface area contributed by atoms with Gasteiger partial charge in [-0.1, -0.05) is 25.2 Å². The summed E-state index contributed by atoms with van der Waals surface area (Å²) in [6, 6.07) is 0. The third-order valence-corrected chi connectivity index (χ3v) is 2.67. The summed E-state index contributed by atoms with van der Waals surface area (Å²) in [5, 5.41) is 0. The third kappa shape index (κ3) is 1.69. The molecule has 0 saturated heterocycles. The molecule has 0 aromatic carbocycles. The Hall–Kier alpha value is -1.58. The molecule has 0 radical (unpaired) electrons. The zero-order valence-corrected chi connectivity index (χ0v) is 8.12. The van der Waals surface area contributed by atoms with Crippen LogP contribution in [-0.4, -0.2) is 11.8 Å². The highest BCUT2D eigenvalue weighted by Crippen LogP contribution is 2.32. The lowest BCUT2D eigenvalue weighted by molar-refractivity contribution is -0.125. The molecule has 0 spiro atoms. The largest absolute Gasteiger partial charge is 0.369 e. The Balaban J connectivity index is 2.90. The Morgan fingerprint density at radius 1 is 1.50 bits per heavy atom. The van der Waals surface area contributed by atoms with Gasteiger partial charge in [-0.25, -0.2) is 0 Å². The summed E-state index contributed by atoms with van der Waals surface area (Å²) in [7, 11) is 0. The van der Waals surface area contributed by atoms with E-state index in [1.807, 2.05) is 6.92 Å². The molecule has 2 amide bonds. The van der Waals surface area contributed by atoms with Crippen LogP contribution in [0.1, 0.15) is 19.8 Å². The topological polar surface area (TPSA) is 86.2 Å². The summed E-state index contributed by atoms with van der Waals surface area (Å²) < 4.78 is 0. The number of primary amides is 2. The van der Waals surface area contributed by atoms with Crippen molar-refractivity contribution in [3.05, 3.63) is 23.8 Å². The van der Waals surface area contributed by atoms with Crippen molar-refractivity contribution >= 4 is 11.8 Å². The molecule has 1 unspecified atom stereocenters. The SMILES string of the molecule is CCC1(C(N)=O)C=CC(C(N)=O)=CC1. The van der Waals surface area contributed by atoms with Crippen molar-refractivity contribution in [3.8, 4) is 0 Å². The summed E-state index contributed by atoms with van der Waals surface area (Å²) in [5.74, 6) is -0.841. The van der Waals surface area contributed by atoms with E-state index >= 15 is 0 Å². The Bertz CT molecular complexity index is 331. The number of carbonyl (C=O) groups excluding carboxylic acids is 2. The van der Waals surface area contributed by atoms with E-state index in [-0.39, 0.29) is 5.91 Å². The molecule has 1 aliphatic rings. The van der Waals surface area contributed by atoms with E-state index in [0.717, 1.165) is 0 Å². The van der Waals surface area contributed by atoms with Crippen molar-refractivity contribution in [2.75, 3.05) is 0 Å². The molecule has 0 saturated carbocycles. The van der Waals surface area contributed by atoms with Gasteiger partial charge in [0.25, 0.3) is 0 Å². The van der Waals surface area contributed by atoms with Crippen molar-refractivity contribution in [1.29, 1.82) is 0 Å². The van der Waals surface area contributed by atoms with Crippen LogP contribution in [0.2, 0.25) is 0 Å². The minimum absolute atomic E-state index is 0.365. The number of rotatable bonds is 3. The molecular weight excluding hydrogens is 180 g/mol. The molecule has 1 rings (SSSR count). The van der Waals surface area contributed by atoms with Gasteiger partial charge in [0.1, 0.15) is 0 Å². The predicted molar refractivity (Wildman–Crippen MR) is 53.0 cm³/mol. The van der Waals surface area contributed by atoms with Gasteiger partial charge in [-0.2, -0.15) is 0 Å². The zero-order valence-electron chi connectivity index (χ0n) is 8.12. The van der Waals surface area contributed by atoms with E-state index in [2.05, 4.69) is 0 Å². The van der Waals surface area contributed by atoms with Crippen molar-refractivity contribution in [1.82, 2.24) is 0 Å². The standard InChI is InChI=1S/C10H14N2O2/c1-2-10(9(12)14)5-3-7(4-6-10)8(11)13/h3-5H,2,6H2,1H3,(H2,11,13)(H2,12,14). The number of hydrogen-bond acceptors (Lipinski definition) is 2. The first-order valence-corrected chi connectivity index (χ1v) is 4.51. The van der Waals surface area contributed by atoms with Crippen LogP contribution < -0.4 is 11.5 Å². The van der Waals surface area contributed by atoms with Crippen molar-refractivity contribution in [2.24, 2.45) is 16.9 Å². The van der Waals surface area contributed by atoms with E-state index in [1.54, 1.807) is 18.2 Å². The van der Waals surface area contributed by atoms with E-state index < -0.39 is 11.3 Å². The molecule has 76 valence electrons. The smallest absolute Gasteiger partial charge is 0.248 e. The van der Waals surface area contributed by atoms with Crippen molar-refractivity contribution < 1.29 is 9.59 Å². The van der Waals surface area contributed by atoms with Gasteiger partial charge in [0.15, 0.2) is 0 Å². The minimum Gasteiger partial charge on any atom is -0.369 e. The van der Waals surface area contributed by atoms with Gasteiger partial charge in [-0.05, 0) is 12.8 Å². The average Bonchev–Trinajstić information content (AvgIpc) is 2.17. The van der Waals surface area contributed by atoms with Gasteiger partial charge in [-0.3, -0.25) is 9.59 Å². The number of nitrogens with two attached hydrogens (primary N) is 2. The summed E-state index contributed by atoms with van der Waals surface area (Å²) in [6.45, 7) is 1.89. The Kier molecular flexibility index (Phi) is 2.74. The van der Waals surface area contributed by atoms with Gasteiger partial charge in [0, 0.05) is 5.57 Å². The highest BCUT2D eigenvalue weighted by atomic mass is 16.1. The van der Waals surface area contributed by atoms with Gasteiger partial charge in [-0.15, -0.1) is 0 Å². The highest BCUT2D eigenvalue weighted by molar-refractivity contribution is 5.96. The molecule has 4 nitrogen and oxygen atoms in total. The van der Waals surface area contributed by atoms with Gasteiger partial charge in [0.05, 0.1) is 5.41 Å². The normalized spacial score (nSPS) is 25.6. The second-order valence-electron chi connectivity index (χ2n) is 3.44. The van der Waals surface area contributed by atoms with Crippen LogP contribution in [0.5, 0.6) is 0 Å². The lowest BCUT2D eigenvalue weighted by Crippen LogP contribution is -2.36. The van der Waals surface area contributed by atoms with Gasteiger partial charge < -0.3 is 11.5 Å². The molecule has 0 aromatic heterocycles. The maximum Gasteiger partial charge on any atom is 0.248 e. The molecule has 4 N–H and O–H groups in total. The summed E-state index contributed by atoms with van der Waals surface area (Å²) in [5.41, 5.74) is 10.2. The monoisotopic (exact) mass is 194 g/mol. The third-order valence-electron chi connectivity index (χ3n) is 2.67. The number of hydrogen-bond donors (Lipinski definition) is 2. The van der Waals surface area contributed by atoms with E-state index in [0.29, 0.717) is 18.4 Å².